The summed E-state index contributed by atoms with van der Waals surface area (Å²) in [6.07, 6.45) is 1.45. The molecule has 0 unspecified atom stereocenters. The molecule has 8 heteroatoms. The van der Waals surface area contributed by atoms with Crippen molar-refractivity contribution in [3.05, 3.63) is 54.1 Å². The predicted molar refractivity (Wildman–Crippen MR) is 108 cm³/mol. The number of rotatable bonds is 5. The van der Waals surface area contributed by atoms with E-state index in [0.717, 1.165) is 30.0 Å². The van der Waals surface area contributed by atoms with Crippen LogP contribution in [0.5, 0.6) is 5.75 Å². The average Bonchev–Trinajstić information content (AvgIpc) is 3.37. The first kappa shape index (κ1) is 18.1. The summed E-state index contributed by atoms with van der Waals surface area (Å²) in [4.78, 5) is 26.0. The first-order chi connectivity index (χ1) is 13.6. The maximum absolute atomic E-state index is 12.5. The van der Waals surface area contributed by atoms with Gasteiger partial charge in [-0.25, -0.2) is 0 Å². The Hall–Kier alpha value is -3.26. The van der Waals surface area contributed by atoms with Gasteiger partial charge in [0.1, 0.15) is 10.8 Å². The highest BCUT2D eigenvalue weighted by Crippen LogP contribution is 2.28. The van der Waals surface area contributed by atoms with Crippen LogP contribution in [0, 0.1) is 0 Å². The van der Waals surface area contributed by atoms with E-state index in [0.29, 0.717) is 22.1 Å². The molecule has 0 bridgehead atoms. The van der Waals surface area contributed by atoms with E-state index < -0.39 is 0 Å². The molecule has 1 saturated heterocycles. The standard InChI is InChI=1S/C20H18N4O3S/c1-27-16-10-6-14(7-11-16)19-22-23-20(28-19)21-18(26)13-4-8-15(9-5-13)24-12-2-3-17(24)25/h4-11H,2-3,12H2,1H3,(H,21,23,26). The number of carbonyl (C=O) groups excluding carboxylic acids is 2. The van der Waals surface area contributed by atoms with Crippen LogP contribution in [-0.2, 0) is 4.79 Å². The van der Waals surface area contributed by atoms with Gasteiger partial charge < -0.3 is 9.64 Å². The number of anilines is 2. The van der Waals surface area contributed by atoms with Gasteiger partial charge in [-0.1, -0.05) is 11.3 Å². The highest BCUT2D eigenvalue weighted by Gasteiger charge is 2.21. The van der Waals surface area contributed by atoms with E-state index in [-0.39, 0.29) is 11.8 Å². The summed E-state index contributed by atoms with van der Waals surface area (Å²) < 4.78 is 5.15. The smallest absolute Gasteiger partial charge is 0.257 e. The molecule has 0 radical (unpaired) electrons. The molecule has 28 heavy (non-hydrogen) atoms. The molecule has 142 valence electrons. The van der Waals surface area contributed by atoms with Gasteiger partial charge in [-0.3, -0.25) is 14.9 Å². The Morgan fingerprint density at radius 3 is 2.50 bits per heavy atom. The number of methoxy groups -OCH3 is 1. The second-order valence-corrected chi connectivity index (χ2v) is 7.27. The van der Waals surface area contributed by atoms with Crippen molar-refractivity contribution in [1.29, 1.82) is 0 Å². The molecule has 1 fully saturated rings. The molecule has 2 aromatic carbocycles. The number of ether oxygens (including phenoxy) is 1. The van der Waals surface area contributed by atoms with Gasteiger partial charge in [0.05, 0.1) is 7.11 Å². The summed E-state index contributed by atoms with van der Waals surface area (Å²) in [5.41, 5.74) is 2.21. The van der Waals surface area contributed by atoms with Crippen LogP contribution >= 0.6 is 11.3 Å². The molecule has 7 nitrogen and oxygen atoms in total. The van der Waals surface area contributed by atoms with Crippen molar-refractivity contribution in [2.75, 3.05) is 23.9 Å². The Morgan fingerprint density at radius 2 is 1.86 bits per heavy atom. The van der Waals surface area contributed by atoms with E-state index >= 15 is 0 Å². The number of nitrogens with one attached hydrogen (secondary N) is 1. The summed E-state index contributed by atoms with van der Waals surface area (Å²) in [6, 6.07) is 14.5. The Kier molecular flexibility index (Phi) is 5.03. The minimum atomic E-state index is -0.267. The molecular formula is C20H18N4O3S. The van der Waals surface area contributed by atoms with E-state index in [9.17, 15) is 9.59 Å². The maximum atomic E-state index is 12.5. The van der Waals surface area contributed by atoms with Crippen molar-refractivity contribution < 1.29 is 14.3 Å². The van der Waals surface area contributed by atoms with E-state index in [1.807, 2.05) is 24.3 Å². The number of aromatic nitrogens is 2. The lowest BCUT2D eigenvalue weighted by atomic mass is 10.2. The summed E-state index contributed by atoms with van der Waals surface area (Å²) in [5.74, 6) is 0.620. The molecule has 0 saturated carbocycles. The van der Waals surface area contributed by atoms with Crippen molar-refractivity contribution in [2.45, 2.75) is 12.8 Å². The minimum absolute atomic E-state index is 0.122. The number of benzene rings is 2. The van der Waals surface area contributed by atoms with Crippen molar-refractivity contribution in [1.82, 2.24) is 10.2 Å². The van der Waals surface area contributed by atoms with Gasteiger partial charge in [-0.2, -0.15) is 0 Å². The van der Waals surface area contributed by atoms with Crippen LogP contribution in [0.15, 0.2) is 48.5 Å². The second-order valence-electron chi connectivity index (χ2n) is 6.29. The number of nitrogens with zero attached hydrogens (tertiary/aromatic N) is 3. The summed E-state index contributed by atoms with van der Waals surface area (Å²) in [6.45, 7) is 0.725. The Labute approximate surface area is 166 Å². The zero-order valence-electron chi connectivity index (χ0n) is 15.2. The first-order valence-corrected chi connectivity index (χ1v) is 9.65. The third-order valence-electron chi connectivity index (χ3n) is 4.50. The van der Waals surface area contributed by atoms with Gasteiger partial charge in [-0.15, -0.1) is 10.2 Å². The Balaban J connectivity index is 1.43. The number of hydrogen-bond donors (Lipinski definition) is 1. The fraction of sp³-hybridized carbons (Fsp3) is 0.200. The Morgan fingerprint density at radius 1 is 1.11 bits per heavy atom. The largest absolute Gasteiger partial charge is 0.497 e. The van der Waals surface area contributed by atoms with E-state index in [1.54, 1.807) is 36.3 Å². The highest BCUT2D eigenvalue weighted by atomic mass is 32.1. The highest BCUT2D eigenvalue weighted by molar-refractivity contribution is 7.18. The first-order valence-electron chi connectivity index (χ1n) is 8.84. The molecule has 0 spiro atoms. The fourth-order valence-electron chi connectivity index (χ4n) is 3.01. The molecule has 0 atom stereocenters. The second kappa shape index (κ2) is 7.77. The van der Waals surface area contributed by atoms with E-state index in [2.05, 4.69) is 15.5 Å². The lowest BCUT2D eigenvalue weighted by molar-refractivity contribution is -0.117. The molecule has 1 N–H and O–H groups in total. The zero-order valence-corrected chi connectivity index (χ0v) is 16.0. The van der Waals surface area contributed by atoms with Gasteiger partial charge in [0, 0.05) is 29.8 Å². The molecule has 1 aromatic heterocycles. The number of hydrogen-bond acceptors (Lipinski definition) is 6. The predicted octanol–water partition coefficient (Wildman–Crippen LogP) is 3.59. The van der Waals surface area contributed by atoms with E-state index in [4.69, 9.17) is 4.74 Å². The van der Waals surface area contributed by atoms with Gasteiger partial charge >= 0.3 is 0 Å². The average molecular weight is 394 g/mol. The van der Waals surface area contributed by atoms with E-state index in [1.165, 1.54) is 11.3 Å². The monoisotopic (exact) mass is 394 g/mol. The van der Waals surface area contributed by atoms with Crippen LogP contribution in [0.3, 0.4) is 0 Å². The molecule has 0 aliphatic carbocycles. The molecule has 1 aliphatic heterocycles. The van der Waals surface area contributed by atoms with Gasteiger partial charge in [0.15, 0.2) is 0 Å². The topological polar surface area (TPSA) is 84.4 Å². The fourth-order valence-corrected chi connectivity index (χ4v) is 3.75. The molecule has 3 aromatic rings. The molecule has 2 amide bonds. The summed E-state index contributed by atoms with van der Waals surface area (Å²) >= 11 is 1.30. The number of amides is 2. The summed E-state index contributed by atoms with van der Waals surface area (Å²) in [5, 5.41) is 12.1. The van der Waals surface area contributed by atoms with Crippen LogP contribution in [-0.4, -0.2) is 35.7 Å². The molecule has 2 heterocycles. The third kappa shape index (κ3) is 3.72. The minimum Gasteiger partial charge on any atom is -0.497 e. The van der Waals surface area contributed by atoms with Crippen LogP contribution in [0.2, 0.25) is 0 Å². The summed E-state index contributed by atoms with van der Waals surface area (Å²) in [7, 11) is 1.61. The Bertz CT molecular complexity index is 999. The number of carbonyl (C=O) groups is 2. The van der Waals surface area contributed by atoms with Crippen molar-refractivity contribution in [3.8, 4) is 16.3 Å². The maximum Gasteiger partial charge on any atom is 0.257 e. The van der Waals surface area contributed by atoms with Crippen LogP contribution in [0.1, 0.15) is 23.2 Å². The lowest BCUT2D eigenvalue weighted by Crippen LogP contribution is -2.23. The lowest BCUT2D eigenvalue weighted by Gasteiger charge is -2.15. The molecule has 1 aliphatic rings. The third-order valence-corrected chi connectivity index (χ3v) is 5.38. The van der Waals surface area contributed by atoms with Gasteiger partial charge in [-0.05, 0) is 55.0 Å². The normalized spacial score (nSPS) is 13.6. The van der Waals surface area contributed by atoms with Crippen LogP contribution < -0.4 is 15.0 Å². The molecule has 4 rings (SSSR count). The van der Waals surface area contributed by atoms with Crippen LogP contribution in [0.25, 0.3) is 10.6 Å². The van der Waals surface area contributed by atoms with Crippen molar-refractivity contribution >= 4 is 34.0 Å². The van der Waals surface area contributed by atoms with Gasteiger partial charge in [0.2, 0.25) is 11.0 Å². The molecular weight excluding hydrogens is 376 g/mol. The van der Waals surface area contributed by atoms with Crippen molar-refractivity contribution in [3.63, 3.8) is 0 Å². The van der Waals surface area contributed by atoms with Crippen molar-refractivity contribution in [2.24, 2.45) is 0 Å². The van der Waals surface area contributed by atoms with Crippen LogP contribution in [0.4, 0.5) is 10.8 Å². The van der Waals surface area contributed by atoms with Gasteiger partial charge in [0.25, 0.3) is 5.91 Å². The quantitative estimate of drug-likeness (QED) is 0.715. The zero-order chi connectivity index (χ0) is 19.5. The SMILES string of the molecule is COc1ccc(-c2nnc(NC(=O)c3ccc(N4CCCC4=O)cc3)s2)cc1.